The lowest BCUT2D eigenvalue weighted by Crippen LogP contribution is -2.26. The Kier molecular flexibility index (Phi) is 6.53. The fraction of sp³-hybridized carbons (Fsp3) is 0.316. The fourth-order valence-electron chi connectivity index (χ4n) is 2.40. The van der Waals surface area contributed by atoms with Crippen LogP contribution in [0.1, 0.15) is 23.7 Å². The molecule has 6 heteroatoms. The number of anilines is 1. The molecule has 2 aromatic carbocycles. The molecule has 0 aliphatic heterocycles. The topological polar surface area (TPSA) is 48.0 Å². The molecule has 0 fully saturated rings. The lowest BCUT2D eigenvalue weighted by Gasteiger charge is -2.21. The van der Waals surface area contributed by atoms with Crippen LogP contribution in [0.3, 0.4) is 0 Å². The molecule has 2 rings (SSSR count). The number of hydrogen-bond donors (Lipinski definition) is 0. The van der Waals surface area contributed by atoms with E-state index in [1.54, 1.807) is 32.4 Å². The predicted octanol–water partition coefficient (Wildman–Crippen LogP) is 4.42. The zero-order valence-electron chi connectivity index (χ0n) is 14.8. The summed E-state index contributed by atoms with van der Waals surface area (Å²) >= 11 is 6.30. The van der Waals surface area contributed by atoms with E-state index in [1.165, 1.54) is 12.0 Å². The first kappa shape index (κ1) is 18.9. The summed E-state index contributed by atoms with van der Waals surface area (Å²) in [6.45, 7) is 2.52. The van der Waals surface area contributed by atoms with E-state index < -0.39 is 0 Å². The number of nitrogens with zero attached hydrogens (tertiary/aromatic N) is 1. The highest BCUT2D eigenvalue weighted by molar-refractivity contribution is 6.32. The molecule has 0 aromatic heterocycles. The van der Waals surface area contributed by atoms with Gasteiger partial charge in [0.1, 0.15) is 5.75 Å². The number of carbonyl (C=O) groups is 1. The normalized spacial score (nSPS) is 10.3. The van der Waals surface area contributed by atoms with Crippen LogP contribution in [0.15, 0.2) is 36.4 Å². The number of amides is 1. The van der Waals surface area contributed by atoms with Crippen LogP contribution < -0.4 is 19.1 Å². The Bertz CT molecular complexity index is 748. The Morgan fingerprint density at radius 1 is 1.12 bits per heavy atom. The first-order valence-corrected chi connectivity index (χ1v) is 8.32. The van der Waals surface area contributed by atoms with Crippen molar-refractivity contribution in [1.82, 2.24) is 0 Å². The molecule has 0 atom stereocenters. The maximum atomic E-state index is 12.9. The van der Waals surface area contributed by atoms with Gasteiger partial charge >= 0.3 is 0 Å². The summed E-state index contributed by atoms with van der Waals surface area (Å²) in [5, 5.41) is 0.338. The van der Waals surface area contributed by atoms with E-state index in [-0.39, 0.29) is 5.91 Å². The Morgan fingerprint density at radius 3 is 2.44 bits per heavy atom. The van der Waals surface area contributed by atoms with Gasteiger partial charge < -0.3 is 19.1 Å². The molecule has 2 aromatic rings. The number of para-hydroxylation sites is 2. The van der Waals surface area contributed by atoms with Crippen LogP contribution in [-0.4, -0.2) is 33.8 Å². The van der Waals surface area contributed by atoms with Gasteiger partial charge in [-0.15, -0.1) is 0 Å². The largest absolute Gasteiger partial charge is 0.495 e. The minimum absolute atomic E-state index is 0.230. The van der Waals surface area contributed by atoms with Crippen molar-refractivity contribution in [3.8, 4) is 17.2 Å². The van der Waals surface area contributed by atoms with Crippen molar-refractivity contribution < 1.29 is 19.0 Å². The van der Waals surface area contributed by atoms with Crippen molar-refractivity contribution in [2.75, 3.05) is 32.8 Å². The van der Waals surface area contributed by atoms with E-state index in [0.717, 1.165) is 6.42 Å². The van der Waals surface area contributed by atoms with Crippen LogP contribution >= 0.6 is 11.6 Å². The molecule has 0 aliphatic carbocycles. The second kappa shape index (κ2) is 8.62. The van der Waals surface area contributed by atoms with E-state index in [1.807, 2.05) is 25.1 Å². The standard InChI is InChI=1S/C19H22ClNO4/c1-5-10-25-18-14(20)11-13(12-17(18)24-4)19(22)21(2)15-8-6-7-9-16(15)23-3/h6-9,11-12H,5,10H2,1-4H3. The molecule has 0 heterocycles. The monoisotopic (exact) mass is 363 g/mol. The quantitative estimate of drug-likeness (QED) is 0.730. The zero-order valence-corrected chi connectivity index (χ0v) is 15.6. The van der Waals surface area contributed by atoms with Crippen LogP contribution in [0.5, 0.6) is 17.2 Å². The minimum Gasteiger partial charge on any atom is -0.495 e. The molecule has 134 valence electrons. The molecule has 0 unspecified atom stereocenters. The lowest BCUT2D eigenvalue weighted by atomic mass is 10.1. The van der Waals surface area contributed by atoms with Gasteiger partial charge in [-0.1, -0.05) is 30.7 Å². The van der Waals surface area contributed by atoms with Crippen LogP contribution in [0.2, 0.25) is 5.02 Å². The molecule has 0 aliphatic rings. The molecule has 0 saturated carbocycles. The highest BCUT2D eigenvalue weighted by Gasteiger charge is 2.21. The van der Waals surface area contributed by atoms with Gasteiger partial charge in [-0.2, -0.15) is 0 Å². The second-order valence-electron chi connectivity index (χ2n) is 5.37. The molecular weight excluding hydrogens is 342 g/mol. The number of carbonyl (C=O) groups excluding carboxylic acids is 1. The number of benzene rings is 2. The van der Waals surface area contributed by atoms with Crippen molar-refractivity contribution in [3.05, 3.63) is 47.0 Å². The molecule has 0 N–H and O–H groups in total. The molecule has 0 spiro atoms. The van der Waals surface area contributed by atoms with Gasteiger partial charge in [-0.3, -0.25) is 4.79 Å². The van der Waals surface area contributed by atoms with Gasteiger partial charge in [0.2, 0.25) is 0 Å². The average molecular weight is 364 g/mol. The number of hydrogen-bond acceptors (Lipinski definition) is 4. The number of ether oxygens (including phenoxy) is 3. The van der Waals surface area contributed by atoms with Gasteiger partial charge in [0.05, 0.1) is 31.5 Å². The maximum absolute atomic E-state index is 12.9. The maximum Gasteiger partial charge on any atom is 0.258 e. The molecular formula is C19H22ClNO4. The lowest BCUT2D eigenvalue weighted by molar-refractivity contribution is 0.0992. The van der Waals surface area contributed by atoms with Gasteiger partial charge in [0, 0.05) is 12.6 Å². The molecule has 0 radical (unpaired) electrons. The summed E-state index contributed by atoms with van der Waals surface area (Å²) in [7, 11) is 4.77. The average Bonchev–Trinajstić information content (AvgIpc) is 2.65. The third-order valence-electron chi connectivity index (χ3n) is 3.68. The van der Waals surface area contributed by atoms with Crippen LogP contribution in [0.25, 0.3) is 0 Å². The summed E-state index contributed by atoms with van der Waals surface area (Å²) in [4.78, 5) is 14.4. The zero-order chi connectivity index (χ0) is 18.4. The number of halogens is 1. The van der Waals surface area contributed by atoms with Crippen molar-refractivity contribution in [2.45, 2.75) is 13.3 Å². The van der Waals surface area contributed by atoms with E-state index in [9.17, 15) is 4.79 Å². The van der Waals surface area contributed by atoms with Gasteiger partial charge in [0.25, 0.3) is 5.91 Å². The van der Waals surface area contributed by atoms with E-state index in [2.05, 4.69) is 0 Å². The Labute approximate surface area is 153 Å². The molecule has 5 nitrogen and oxygen atoms in total. The van der Waals surface area contributed by atoms with Gasteiger partial charge in [0.15, 0.2) is 11.5 Å². The SMILES string of the molecule is CCCOc1c(Cl)cc(C(=O)N(C)c2ccccc2OC)cc1OC. The van der Waals surface area contributed by atoms with Gasteiger partial charge in [-0.05, 0) is 30.7 Å². The molecule has 1 amide bonds. The van der Waals surface area contributed by atoms with Crippen molar-refractivity contribution in [1.29, 1.82) is 0 Å². The van der Waals surface area contributed by atoms with Gasteiger partial charge in [-0.25, -0.2) is 0 Å². The highest BCUT2D eigenvalue weighted by atomic mass is 35.5. The summed E-state index contributed by atoms with van der Waals surface area (Å²) in [5.41, 5.74) is 1.07. The van der Waals surface area contributed by atoms with E-state index in [0.29, 0.717) is 40.1 Å². The summed E-state index contributed by atoms with van der Waals surface area (Å²) in [5.74, 6) is 1.26. The number of rotatable bonds is 7. The molecule has 0 saturated heterocycles. The minimum atomic E-state index is -0.230. The molecule has 25 heavy (non-hydrogen) atoms. The first-order valence-electron chi connectivity index (χ1n) is 7.94. The van der Waals surface area contributed by atoms with Crippen molar-refractivity contribution in [3.63, 3.8) is 0 Å². The van der Waals surface area contributed by atoms with Crippen LogP contribution in [0, 0.1) is 0 Å². The highest BCUT2D eigenvalue weighted by Crippen LogP contribution is 2.37. The summed E-state index contributed by atoms with van der Waals surface area (Å²) in [6, 6.07) is 10.5. The second-order valence-corrected chi connectivity index (χ2v) is 5.78. The van der Waals surface area contributed by atoms with Crippen LogP contribution in [0.4, 0.5) is 5.69 Å². The fourth-order valence-corrected chi connectivity index (χ4v) is 2.66. The summed E-state index contributed by atoms with van der Waals surface area (Å²) in [6.07, 6.45) is 0.844. The Hall–Kier alpha value is -2.40. The number of methoxy groups -OCH3 is 2. The Balaban J connectivity index is 2.37. The van der Waals surface area contributed by atoms with E-state index >= 15 is 0 Å². The predicted molar refractivity (Wildman–Crippen MR) is 99.5 cm³/mol. The third-order valence-corrected chi connectivity index (χ3v) is 3.96. The summed E-state index contributed by atoms with van der Waals surface area (Å²) < 4.78 is 16.3. The van der Waals surface area contributed by atoms with Crippen molar-refractivity contribution >= 4 is 23.2 Å². The molecule has 0 bridgehead atoms. The first-order chi connectivity index (χ1) is 12.0. The van der Waals surface area contributed by atoms with Crippen LogP contribution in [-0.2, 0) is 0 Å². The van der Waals surface area contributed by atoms with E-state index in [4.69, 9.17) is 25.8 Å². The Morgan fingerprint density at radius 2 is 1.80 bits per heavy atom. The smallest absolute Gasteiger partial charge is 0.258 e. The third kappa shape index (κ3) is 4.17. The van der Waals surface area contributed by atoms with Crippen molar-refractivity contribution in [2.24, 2.45) is 0 Å².